The Morgan fingerprint density at radius 1 is 1.10 bits per heavy atom. The van der Waals surface area contributed by atoms with E-state index in [1.165, 1.54) is 0 Å². The van der Waals surface area contributed by atoms with Crippen LogP contribution in [0.25, 0.3) is 0 Å². The van der Waals surface area contributed by atoms with E-state index in [0.717, 1.165) is 11.1 Å². The van der Waals surface area contributed by atoms with Crippen LogP contribution in [0, 0.1) is 5.92 Å². The van der Waals surface area contributed by atoms with Gasteiger partial charge in [0.15, 0.2) is 11.5 Å². The Kier molecular flexibility index (Phi) is 7.80. The number of carbonyl (C=O) groups excluding carboxylic acids is 2. The first-order chi connectivity index (χ1) is 14.8. The van der Waals surface area contributed by atoms with E-state index in [1.807, 2.05) is 50.2 Å². The number of benzene rings is 2. The third-order valence-electron chi connectivity index (χ3n) is 5.21. The van der Waals surface area contributed by atoms with Crippen molar-refractivity contribution in [3.8, 4) is 11.5 Å². The van der Waals surface area contributed by atoms with Crippen LogP contribution in [0.15, 0.2) is 42.5 Å². The smallest absolute Gasteiger partial charge is 0.242 e. The van der Waals surface area contributed by atoms with E-state index in [4.69, 9.17) is 21.1 Å². The van der Waals surface area contributed by atoms with Gasteiger partial charge in [-0.1, -0.05) is 49.7 Å². The number of nitrogens with zero attached hydrogens (tertiary/aromatic N) is 1. The Balaban J connectivity index is 1.71. The molecule has 1 atom stereocenters. The van der Waals surface area contributed by atoms with Gasteiger partial charge in [0.2, 0.25) is 18.6 Å². The van der Waals surface area contributed by atoms with Crippen molar-refractivity contribution in [1.29, 1.82) is 0 Å². The van der Waals surface area contributed by atoms with Crippen LogP contribution < -0.4 is 14.8 Å². The number of carbonyl (C=O) groups is 2. The molecule has 0 radical (unpaired) electrons. The van der Waals surface area contributed by atoms with Gasteiger partial charge in [-0.15, -0.1) is 0 Å². The number of halogens is 1. The largest absolute Gasteiger partial charge is 0.454 e. The van der Waals surface area contributed by atoms with E-state index in [1.54, 1.807) is 17.9 Å². The molecule has 0 fully saturated rings. The molecular weight excluding hydrogens is 416 g/mol. The third-order valence-corrected chi connectivity index (χ3v) is 5.58. The average molecular weight is 445 g/mol. The quantitative estimate of drug-likeness (QED) is 0.629. The van der Waals surface area contributed by atoms with Crippen molar-refractivity contribution in [2.75, 3.05) is 13.3 Å². The Hall–Kier alpha value is -2.73. The summed E-state index contributed by atoms with van der Waals surface area (Å²) in [6.07, 6.45) is 0.806. The van der Waals surface area contributed by atoms with E-state index < -0.39 is 6.04 Å². The highest BCUT2D eigenvalue weighted by Crippen LogP contribution is 2.32. The Labute approximate surface area is 188 Å². The predicted octanol–water partition coefficient (Wildman–Crippen LogP) is 4.19. The van der Waals surface area contributed by atoms with Crippen molar-refractivity contribution in [3.05, 3.63) is 58.6 Å². The molecule has 0 unspecified atom stereocenters. The zero-order valence-corrected chi connectivity index (χ0v) is 18.9. The molecule has 7 heteroatoms. The highest BCUT2D eigenvalue weighted by molar-refractivity contribution is 6.31. The van der Waals surface area contributed by atoms with Crippen molar-refractivity contribution < 1.29 is 19.1 Å². The summed E-state index contributed by atoms with van der Waals surface area (Å²) in [4.78, 5) is 27.5. The zero-order valence-electron chi connectivity index (χ0n) is 18.2. The molecule has 31 heavy (non-hydrogen) atoms. The van der Waals surface area contributed by atoms with Crippen molar-refractivity contribution in [1.82, 2.24) is 10.2 Å². The fraction of sp³-hybridized carbons (Fsp3) is 0.417. The lowest BCUT2D eigenvalue weighted by molar-refractivity contribution is -0.140. The molecule has 1 N–H and O–H groups in total. The van der Waals surface area contributed by atoms with Crippen molar-refractivity contribution in [2.45, 2.75) is 46.2 Å². The van der Waals surface area contributed by atoms with Gasteiger partial charge in [-0.25, -0.2) is 0 Å². The first kappa shape index (κ1) is 22.9. The SMILES string of the molecule is CC(C)CNC(=O)[C@@H](C)N(Cc1ccccc1Cl)C(=O)CCc1ccc2c(c1)OCO2. The fourth-order valence-electron chi connectivity index (χ4n) is 3.34. The van der Waals surface area contributed by atoms with Crippen molar-refractivity contribution >= 4 is 23.4 Å². The maximum absolute atomic E-state index is 13.2. The zero-order chi connectivity index (χ0) is 22.4. The molecule has 1 heterocycles. The minimum absolute atomic E-state index is 0.107. The summed E-state index contributed by atoms with van der Waals surface area (Å²) >= 11 is 6.32. The second-order valence-corrected chi connectivity index (χ2v) is 8.52. The number of hydrogen-bond acceptors (Lipinski definition) is 4. The summed E-state index contributed by atoms with van der Waals surface area (Å²) in [6, 6.07) is 12.4. The molecule has 2 aromatic rings. The number of rotatable bonds is 9. The van der Waals surface area contributed by atoms with Gasteiger partial charge < -0.3 is 19.7 Å². The molecule has 1 aliphatic rings. The van der Waals surface area contributed by atoms with E-state index in [0.29, 0.717) is 35.4 Å². The average Bonchev–Trinajstić information content (AvgIpc) is 3.22. The number of ether oxygens (including phenoxy) is 2. The molecule has 2 aromatic carbocycles. The van der Waals surface area contributed by atoms with Crippen LogP contribution in [0.4, 0.5) is 0 Å². The summed E-state index contributed by atoms with van der Waals surface area (Å²) in [5.41, 5.74) is 1.79. The summed E-state index contributed by atoms with van der Waals surface area (Å²) in [5, 5.41) is 3.50. The van der Waals surface area contributed by atoms with Crippen LogP contribution in [-0.4, -0.2) is 36.1 Å². The lowest BCUT2D eigenvalue weighted by Crippen LogP contribution is -2.48. The number of aryl methyl sites for hydroxylation is 1. The number of nitrogens with one attached hydrogen (secondary N) is 1. The molecule has 0 spiro atoms. The van der Waals surface area contributed by atoms with Crippen LogP contribution in [-0.2, 0) is 22.6 Å². The predicted molar refractivity (Wildman–Crippen MR) is 120 cm³/mol. The molecular formula is C24H29ClN2O4. The lowest BCUT2D eigenvalue weighted by Gasteiger charge is -2.29. The molecule has 0 aromatic heterocycles. The molecule has 2 amide bonds. The van der Waals surface area contributed by atoms with Crippen LogP contribution in [0.3, 0.4) is 0 Å². The fourth-order valence-corrected chi connectivity index (χ4v) is 3.53. The van der Waals surface area contributed by atoms with Gasteiger partial charge in [-0.2, -0.15) is 0 Å². The van der Waals surface area contributed by atoms with Crippen LogP contribution in [0.1, 0.15) is 38.3 Å². The Morgan fingerprint density at radius 2 is 1.84 bits per heavy atom. The number of hydrogen-bond donors (Lipinski definition) is 1. The van der Waals surface area contributed by atoms with Crippen LogP contribution in [0.2, 0.25) is 5.02 Å². The maximum Gasteiger partial charge on any atom is 0.242 e. The first-order valence-electron chi connectivity index (χ1n) is 10.5. The van der Waals surface area contributed by atoms with Gasteiger partial charge in [0.05, 0.1) is 0 Å². The molecule has 6 nitrogen and oxygen atoms in total. The minimum atomic E-state index is -0.612. The lowest BCUT2D eigenvalue weighted by atomic mass is 10.1. The second kappa shape index (κ2) is 10.5. The summed E-state index contributed by atoms with van der Waals surface area (Å²) < 4.78 is 10.8. The molecule has 0 aliphatic carbocycles. The molecule has 1 aliphatic heterocycles. The van der Waals surface area contributed by atoms with Crippen LogP contribution in [0.5, 0.6) is 11.5 Å². The van der Waals surface area contributed by atoms with E-state index in [9.17, 15) is 9.59 Å². The highest BCUT2D eigenvalue weighted by Gasteiger charge is 2.26. The maximum atomic E-state index is 13.2. The standard InChI is InChI=1S/C24H29ClN2O4/c1-16(2)13-26-24(29)17(3)27(14-19-6-4-5-7-20(19)25)23(28)11-9-18-8-10-21-22(12-18)31-15-30-21/h4-8,10,12,16-17H,9,11,13-15H2,1-3H3,(H,26,29)/t17-/m1/s1. The number of amides is 2. The van der Waals surface area contributed by atoms with Gasteiger partial charge in [0.1, 0.15) is 6.04 Å². The van der Waals surface area contributed by atoms with E-state index in [2.05, 4.69) is 5.32 Å². The molecule has 0 bridgehead atoms. The monoisotopic (exact) mass is 444 g/mol. The molecule has 166 valence electrons. The topological polar surface area (TPSA) is 67.9 Å². The molecule has 0 saturated heterocycles. The second-order valence-electron chi connectivity index (χ2n) is 8.12. The van der Waals surface area contributed by atoms with Crippen molar-refractivity contribution in [2.24, 2.45) is 5.92 Å². The summed E-state index contributed by atoms with van der Waals surface area (Å²) in [5.74, 6) is 1.46. The third kappa shape index (κ3) is 6.14. The van der Waals surface area contributed by atoms with E-state index >= 15 is 0 Å². The van der Waals surface area contributed by atoms with Crippen molar-refractivity contribution in [3.63, 3.8) is 0 Å². The van der Waals surface area contributed by atoms with Crippen LogP contribution >= 0.6 is 11.6 Å². The normalized spacial score (nSPS) is 13.2. The Bertz CT molecular complexity index is 932. The number of fused-ring (bicyclic) bond motifs is 1. The Morgan fingerprint density at radius 3 is 2.58 bits per heavy atom. The van der Waals surface area contributed by atoms with Gasteiger partial charge in [0, 0.05) is 24.5 Å². The van der Waals surface area contributed by atoms with Gasteiger partial charge >= 0.3 is 0 Å². The van der Waals surface area contributed by atoms with Gasteiger partial charge in [-0.3, -0.25) is 9.59 Å². The minimum Gasteiger partial charge on any atom is -0.454 e. The highest BCUT2D eigenvalue weighted by atomic mass is 35.5. The molecule has 0 saturated carbocycles. The summed E-state index contributed by atoms with van der Waals surface area (Å²) in [7, 11) is 0. The van der Waals surface area contributed by atoms with Gasteiger partial charge in [-0.05, 0) is 48.6 Å². The van der Waals surface area contributed by atoms with E-state index in [-0.39, 0.29) is 31.6 Å². The van der Waals surface area contributed by atoms with Gasteiger partial charge in [0.25, 0.3) is 0 Å². The summed E-state index contributed by atoms with van der Waals surface area (Å²) in [6.45, 7) is 6.87. The molecule has 3 rings (SSSR count). The first-order valence-corrected chi connectivity index (χ1v) is 10.9.